The fourth-order valence-electron chi connectivity index (χ4n) is 2.17. The number of unbranched alkanes of at least 4 members (excludes halogenated alkanes) is 2. The third-order valence-corrected chi connectivity index (χ3v) is 5.50. The van der Waals surface area contributed by atoms with Crippen molar-refractivity contribution in [3.05, 3.63) is 38.7 Å². The van der Waals surface area contributed by atoms with Gasteiger partial charge in [0.1, 0.15) is 4.32 Å². The van der Waals surface area contributed by atoms with Crippen LogP contribution in [0.25, 0.3) is 6.08 Å². The molecule has 1 heterocycles. The standard InChI is InChI=1S/C16H15Cl2NO3S2/c17-11-6-5-10(8-12(11)18)9-13-15(22)19(16(23)24-13)7-3-1-2-4-14(20)21/h5-6,8-9H,1-4,7H2,(H,20,21)/b13-9+. The normalized spacial score (nSPS) is 16.2. The Balaban J connectivity index is 1.96. The first-order valence-electron chi connectivity index (χ1n) is 7.30. The van der Waals surface area contributed by atoms with E-state index in [-0.39, 0.29) is 12.3 Å². The molecule has 0 bridgehead atoms. The topological polar surface area (TPSA) is 57.6 Å². The van der Waals surface area contributed by atoms with E-state index < -0.39 is 5.97 Å². The predicted octanol–water partition coefficient (Wildman–Crippen LogP) is 4.84. The Bertz CT molecular complexity index is 707. The van der Waals surface area contributed by atoms with Crippen LogP contribution in [0.3, 0.4) is 0 Å². The van der Waals surface area contributed by atoms with E-state index in [0.29, 0.717) is 32.2 Å². The molecule has 2 rings (SSSR count). The highest BCUT2D eigenvalue weighted by Crippen LogP contribution is 2.33. The van der Waals surface area contributed by atoms with Gasteiger partial charge in [-0.15, -0.1) is 0 Å². The van der Waals surface area contributed by atoms with E-state index >= 15 is 0 Å². The van der Waals surface area contributed by atoms with Crippen molar-refractivity contribution in [1.82, 2.24) is 4.90 Å². The first kappa shape index (κ1) is 19.2. The minimum absolute atomic E-state index is 0.130. The number of hydrogen-bond donors (Lipinski definition) is 1. The number of benzene rings is 1. The summed E-state index contributed by atoms with van der Waals surface area (Å²) in [4.78, 5) is 25.0. The average Bonchev–Trinajstić information content (AvgIpc) is 2.77. The molecular weight excluding hydrogens is 389 g/mol. The van der Waals surface area contributed by atoms with Crippen LogP contribution in [-0.2, 0) is 9.59 Å². The maximum atomic E-state index is 12.4. The Labute approximate surface area is 159 Å². The van der Waals surface area contributed by atoms with Crippen molar-refractivity contribution in [2.24, 2.45) is 0 Å². The molecule has 24 heavy (non-hydrogen) atoms. The second-order valence-electron chi connectivity index (χ2n) is 5.21. The van der Waals surface area contributed by atoms with Crippen LogP contribution >= 0.6 is 47.2 Å². The molecule has 128 valence electrons. The van der Waals surface area contributed by atoms with Gasteiger partial charge in [0.2, 0.25) is 0 Å². The van der Waals surface area contributed by atoms with Crippen LogP contribution in [0.4, 0.5) is 0 Å². The SMILES string of the molecule is O=C(O)CCCCCN1C(=O)/C(=C\c2ccc(Cl)c(Cl)c2)SC1=S. The summed E-state index contributed by atoms with van der Waals surface area (Å²) in [6.45, 7) is 0.503. The Morgan fingerprint density at radius 2 is 2.00 bits per heavy atom. The van der Waals surface area contributed by atoms with Gasteiger partial charge in [-0.05, 0) is 36.6 Å². The van der Waals surface area contributed by atoms with E-state index in [0.717, 1.165) is 18.4 Å². The largest absolute Gasteiger partial charge is 0.481 e. The lowest BCUT2D eigenvalue weighted by molar-refractivity contribution is -0.137. The summed E-state index contributed by atoms with van der Waals surface area (Å²) < 4.78 is 0.518. The second kappa shape index (κ2) is 8.85. The molecule has 0 aliphatic carbocycles. The second-order valence-corrected chi connectivity index (χ2v) is 7.70. The molecule has 1 fully saturated rings. The van der Waals surface area contributed by atoms with Crippen molar-refractivity contribution in [2.75, 3.05) is 6.54 Å². The summed E-state index contributed by atoms with van der Waals surface area (Å²) in [6, 6.07) is 5.16. The van der Waals surface area contributed by atoms with Crippen LogP contribution in [0.5, 0.6) is 0 Å². The minimum Gasteiger partial charge on any atom is -0.481 e. The number of amides is 1. The Kier molecular flexibility index (Phi) is 7.10. The molecule has 8 heteroatoms. The number of rotatable bonds is 7. The van der Waals surface area contributed by atoms with E-state index in [1.807, 2.05) is 0 Å². The van der Waals surface area contributed by atoms with Crippen LogP contribution in [0.1, 0.15) is 31.2 Å². The van der Waals surface area contributed by atoms with Crippen LogP contribution < -0.4 is 0 Å². The molecule has 4 nitrogen and oxygen atoms in total. The van der Waals surface area contributed by atoms with E-state index in [4.69, 9.17) is 40.5 Å². The van der Waals surface area contributed by atoms with Gasteiger partial charge in [0, 0.05) is 13.0 Å². The summed E-state index contributed by atoms with van der Waals surface area (Å²) in [6.07, 6.45) is 3.96. The van der Waals surface area contributed by atoms with Crippen molar-refractivity contribution in [2.45, 2.75) is 25.7 Å². The molecule has 0 unspecified atom stereocenters. The maximum Gasteiger partial charge on any atom is 0.303 e. The van der Waals surface area contributed by atoms with Crippen molar-refractivity contribution < 1.29 is 14.7 Å². The van der Waals surface area contributed by atoms with E-state index in [9.17, 15) is 9.59 Å². The monoisotopic (exact) mass is 403 g/mol. The van der Waals surface area contributed by atoms with Gasteiger partial charge in [0.15, 0.2) is 0 Å². The van der Waals surface area contributed by atoms with Crippen LogP contribution in [0.15, 0.2) is 23.1 Å². The molecule has 0 saturated carbocycles. The zero-order valence-corrected chi connectivity index (χ0v) is 15.8. The molecule has 1 aliphatic rings. The fraction of sp³-hybridized carbons (Fsp3) is 0.312. The van der Waals surface area contributed by atoms with Gasteiger partial charge in [-0.2, -0.15) is 0 Å². The molecule has 1 aromatic rings. The lowest BCUT2D eigenvalue weighted by Gasteiger charge is -2.13. The Morgan fingerprint density at radius 1 is 1.25 bits per heavy atom. The molecule has 1 aliphatic heterocycles. The third-order valence-electron chi connectivity index (χ3n) is 3.39. The van der Waals surface area contributed by atoms with Gasteiger partial charge in [0.05, 0.1) is 15.0 Å². The molecule has 1 aromatic carbocycles. The van der Waals surface area contributed by atoms with Crippen LogP contribution in [-0.4, -0.2) is 32.7 Å². The Hall–Kier alpha value is -1.08. The van der Waals surface area contributed by atoms with Gasteiger partial charge < -0.3 is 5.11 Å². The van der Waals surface area contributed by atoms with Gasteiger partial charge in [-0.3, -0.25) is 14.5 Å². The van der Waals surface area contributed by atoms with Crippen LogP contribution in [0.2, 0.25) is 10.0 Å². The van der Waals surface area contributed by atoms with Crippen molar-refractivity contribution in [1.29, 1.82) is 0 Å². The van der Waals surface area contributed by atoms with E-state index in [1.165, 1.54) is 11.8 Å². The van der Waals surface area contributed by atoms with Crippen molar-refractivity contribution in [3.63, 3.8) is 0 Å². The number of thioether (sulfide) groups is 1. The smallest absolute Gasteiger partial charge is 0.303 e. The summed E-state index contributed by atoms with van der Waals surface area (Å²) in [5.74, 6) is -0.931. The highest BCUT2D eigenvalue weighted by atomic mass is 35.5. The highest BCUT2D eigenvalue weighted by Gasteiger charge is 2.31. The third kappa shape index (κ3) is 5.21. The van der Waals surface area contributed by atoms with E-state index in [2.05, 4.69) is 0 Å². The number of aliphatic carboxylic acids is 1. The molecule has 1 N–H and O–H groups in total. The quantitative estimate of drug-likeness (QED) is 0.400. The lowest BCUT2D eigenvalue weighted by atomic mass is 10.2. The van der Waals surface area contributed by atoms with Crippen molar-refractivity contribution >= 4 is 69.5 Å². The molecule has 1 amide bonds. The number of carbonyl (C=O) groups excluding carboxylic acids is 1. The molecule has 1 saturated heterocycles. The van der Waals surface area contributed by atoms with E-state index in [1.54, 1.807) is 29.2 Å². The van der Waals surface area contributed by atoms with Gasteiger partial charge >= 0.3 is 5.97 Å². The van der Waals surface area contributed by atoms with Gasteiger partial charge in [-0.25, -0.2) is 0 Å². The summed E-state index contributed by atoms with van der Waals surface area (Å²) in [7, 11) is 0. The highest BCUT2D eigenvalue weighted by molar-refractivity contribution is 8.26. The molecule has 0 spiro atoms. The number of nitrogens with zero attached hydrogens (tertiary/aromatic N) is 1. The number of carboxylic acids is 1. The molecule has 0 aromatic heterocycles. The number of carboxylic acid groups (broad SMARTS) is 1. The number of carbonyl (C=O) groups is 2. The average molecular weight is 404 g/mol. The van der Waals surface area contributed by atoms with Crippen molar-refractivity contribution in [3.8, 4) is 0 Å². The summed E-state index contributed by atoms with van der Waals surface area (Å²) >= 11 is 18.4. The minimum atomic E-state index is -0.801. The summed E-state index contributed by atoms with van der Waals surface area (Å²) in [5.41, 5.74) is 0.784. The maximum absolute atomic E-state index is 12.4. The van der Waals surface area contributed by atoms with Crippen LogP contribution in [0, 0.1) is 0 Å². The zero-order chi connectivity index (χ0) is 17.7. The first-order valence-corrected chi connectivity index (χ1v) is 9.29. The predicted molar refractivity (Wildman–Crippen MR) is 102 cm³/mol. The van der Waals surface area contributed by atoms with Gasteiger partial charge in [-0.1, -0.05) is 59.7 Å². The lowest BCUT2D eigenvalue weighted by Crippen LogP contribution is -2.29. The fourth-order valence-corrected chi connectivity index (χ4v) is 3.78. The number of hydrogen-bond acceptors (Lipinski definition) is 4. The number of thiocarbonyl (C=S) groups is 1. The molecule has 0 radical (unpaired) electrons. The van der Waals surface area contributed by atoms with Gasteiger partial charge in [0.25, 0.3) is 5.91 Å². The molecular formula is C16H15Cl2NO3S2. The molecule has 0 atom stereocenters. The first-order chi connectivity index (χ1) is 11.4. The zero-order valence-electron chi connectivity index (χ0n) is 12.6. The number of halogens is 2. The summed E-state index contributed by atoms with van der Waals surface area (Å²) in [5, 5.41) is 9.50. The Morgan fingerprint density at radius 3 is 2.67 bits per heavy atom.